The minimum absolute atomic E-state index is 0.216. The fourth-order valence-corrected chi connectivity index (χ4v) is 2.62. The van der Waals surface area contributed by atoms with Gasteiger partial charge in [-0.3, -0.25) is 4.79 Å². The Morgan fingerprint density at radius 2 is 1.85 bits per heavy atom. The SMILES string of the molecule is CCN(C(=O)c1cc(C)nc(Nc2cccc(F)c2)n1)c1ccccc1. The highest BCUT2D eigenvalue weighted by Gasteiger charge is 2.18. The van der Waals surface area contributed by atoms with Crippen molar-refractivity contribution >= 4 is 23.2 Å². The summed E-state index contributed by atoms with van der Waals surface area (Å²) in [7, 11) is 0. The Labute approximate surface area is 151 Å². The highest BCUT2D eigenvalue weighted by atomic mass is 19.1. The van der Waals surface area contributed by atoms with Crippen LogP contribution in [0.1, 0.15) is 23.1 Å². The highest BCUT2D eigenvalue weighted by molar-refractivity contribution is 6.05. The van der Waals surface area contributed by atoms with Crippen LogP contribution in [0.5, 0.6) is 0 Å². The van der Waals surface area contributed by atoms with E-state index in [0.717, 1.165) is 5.69 Å². The first-order chi connectivity index (χ1) is 12.6. The molecule has 5 nitrogen and oxygen atoms in total. The lowest BCUT2D eigenvalue weighted by Crippen LogP contribution is -2.31. The van der Waals surface area contributed by atoms with Gasteiger partial charge in [-0.25, -0.2) is 14.4 Å². The number of para-hydroxylation sites is 1. The van der Waals surface area contributed by atoms with Crippen LogP contribution in [-0.4, -0.2) is 22.4 Å². The molecule has 0 fully saturated rings. The molecule has 1 amide bonds. The second-order valence-electron chi connectivity index (χ2n) is 5.74. The molecule has 0 unspecified atom stereocenters. The molecule has 3 rings (SSSR count). The van der Waals surface area contributed by atoms with Crippen LogP contribution >= 0.6 is 0 Å². The monoisotopic (exact) mass is 350 g/mol. The molecular weight excluding hydrogens is 331 g/mol. The average molecular weight is 350 g/mol. The third kappa shape index (κ3) is 4.03. The maximum absolute atomic E-state index is 13.4. The molecule has 1 N–H and O–H groups in total. The van der Waals surface area contributed by atoms with E-state index < -0.39 is 0 Å². The van der Waals surface area contributed by atoms with Gasteiger partial charge in [-0.1, -0.05) is 24.3 Å². The Kier molecular flexibility index (Phi) is 5.22. The van der Waals surface area contributed by atoms with E-state index in [4.69, 9.17) is 0 Å². The number of anilines is 3. The van der Waals surface area contributed by atoms with E-state index in [-0.39, 0.29) is 23.4 Å². The maximum Gasteiger partial charge on any atom is 0.277 e. The summed E-state index contributed by atoms with van der Waals surface area (Å²) in [6.07, 6.45) is 0. The number of aryl methyl sites for hydroxylation is 1. The van der Waals surface area contributed by atoms with Crippen LogP contribution in [0.3, 0.4) is 0 Å². The molecule has 6 heteroatoms. The number of nitrogens with zero attached hydrogens (tertiary/aromatic N) is 3. The van der Waals surface area contributed by atoms with E-state index in [9.17, 15) is 9.18 Å². The normalized spacial score (nSPS) is 10.4. The molecule has 26 heavy (non-hydrogen) atoms. The van der Waals surface area contributed by atoms with E-state index in [0.29, 0.717) is 17.9 Å². The molecular formula is C20H19FN4O. The van der Waals surface area contributed by atoms with Crippen LogP contribution in [0.25, 0.3) is 0 Å². The van der Waals surface area contributed by atoms with Crippen molar-refractivity contribution < 1.29 is 9.18 Å². The van der Waals surface area contributed by atoms with Gasteiger partial charge in [0.05, 0.1) is 0 Å². The van der Waals surface area contributed by atoms with E-state index in [2.05, 4.69) is 15.3 Å². The first kappa shape index (κ1) is 17.5. The summed E-state index contributed by atoms with van der Waals surface area (Å²) < 4.78 is 13.4. The minimum Gasteiger partial charge on any atom is -0.324 e. The Balaban J connectivity index is 1.90. The van der Waals surface area contributed by atoms with Gasteiger partial charge >= 0.3 is 0 Å². The fraction of sp³-hybridized carbons (Fsp3) is 0.150. The Bertz CT molecular complexity index is 915. The van der Waals surface area contributed by atoms with Crippen LogP contribution < -0.4 is 10.2 Å². The van der Waals surface area contributed by atoms with E-state index in [1.807, 2.05) is 37.3 Å². The Morgan fingerprint density at radius 1 is 1.08 bits per heavy atom. The quantitative estimate of drug-likeness (QED) is 0.744. The molecule has 2 aromatic carbocycles. The number of hydrogen-bond donors (Lipinski definition) is 1. The Morgan fingerprint density at radius 3 is 2.54 bits per heavy atom. The standard InChI is InChI=1S/C20H19FN4O/c1-3-25(17-10-5-4-6-11-17)19(26)18-12-14(2)22-20(24-18)23-16-9-7-8-15(21)13-16/h4-13H,3H2,1-2H3,(H,22,23,24). The smallest absolute Gasteiger partial charge is 0.277 e. The number of benzene rings is 2. The number of hydrogen-bond acceptors (Lipinski definition) is 4. The largest absolute Gasteiger partial charge is 0.324 e. The number of rotatable bonds is 5. The summed E-state index contributed by atoms with van der Waals surface area (Å²) in [5, 5.41) is 2.94. The lowest BCUT2D eigenvalue weighted by atomic mass is 10.2. The number of halogens is 1. The molecule has 1 aromatic heterocycles. The first-order valence-electron chi connectivity index (χ1n) is 8.32. The van der Waals surface area contributed by atoms with Crippen LogP contribution in [0.2, 0.25) is 0 Å². The summed E-state index contributed by atoms with van der Waals surface area (Å²) in [6, 6.07) is 17.1. The predicted molar refractivity (Wildman–Crippen MR) is 100 cm³/mol. The number of carbonyl (C=O) groups is 1. The molecule has 0 atom stereocenters. The highest BCUT2D eigenvalue weighted by Crippen LogP contribution is 2.19. The van der Waals surface area contributed by atoms with Gasteiger partial charge < -0.3 is 10.2 Å². The van der Waals surface area contributed by atoms with Gasteiger partial charge in [0.2, 0.25) is 5.95 Å². The molecule has 0 saturated heterocycles. The molecule has 132 valence electrons. The number of carbonyl (C=O) groups excluding carboxylic acids is 1. The van der Waals surface area contributed by atoms with Crippen LogP contribution in [0.4, 0.5) is 21.7 Å². The van der Waals surface area contributed by atoms with E-state index in [1.165, 1.54) is 12.1 Å². The summed E-state index contributed by atoms with van der Waals surface area (Å²) in [5.74, 6) is -0.324. The minimum atomic E-state index is -0.361. The summed E-state index contributed by atoms with van der Waals surface area (Å²) in [6.45, 7) is 4.21. The maximum atomic E-state index is 13.4. The molecule has 0 spiro atoms. The van der Waals surface area contributed by atoms with Crippen molar-refractivity contribution in [2.45, 2.75) is 13.8 Å². The lowest BCUT2D eigenvalue weighted by molar-refractivity contribution is 0.0983. The van der Waals surface area contributed by atoms with Crippen LogP contribution in [0, 0.1) is 12.7 Å². The third-order valence-corrected chi connectivity index (χ3v) is 3.78. The van der Waals surface area contributed by atoms with E-state index >= 15 is 0 Å². The van der Waals surface area contributed by atoms with Crippen molar-refractivity contribution in [1.82, 2.24) is 9.97 Å². The first-order valence-corrected chi connectivity index (χ1v) is 8.32. The van der Waals surface area contributed by atoms with Gasteiger partial charge in [-0.05, 0) is 50.2 Å². The molecule has 0 aliphatic heterocycles. The van der Waals surface area contributed by atoms with Gasteiger partial charge in [0.25, 0.3) is 5.91 Å². The second kappa shape index (κ2) is 7.74. The predicted octanol–water partition coefficient (Wildman–Crippen LogP) is 4.33. The zero-order chi connectivity index (χ0) is 18.5. The molecule has 0 aliphatic carbocycles. The van der Waals surface area contributed by atoms with E-state index in [1.54, 1.807) is 30.0 Å². The molecule has 0 bridgehead atoms. The number of aromatic nitrogens is 2. The molecule has 0 saturated carbocycles. The summed E-state index contributed by atoms with van der Waals surface area (Å²) in [5.41, 5.74) is 2.24. The molecule has 0 aliphatic rings. The van der Waals surface area contributed by atoms with Crippen molar-refractivity contribution in [3.8, 4) is 0 Å². The molecule has 3 aromatic rings. The zero-order valence-electron chi connectivity index (χ0n) is 14.6. The van der Waals surface area contributed by atoms with Crippen molar-refractivity contribution in [1.29, 1.82) is 0 Å². The number of nitrogens with one attached hydrogen (secondary N) is 1. The number of amides is 1. The van der Waals surface area contributed by atoms with Crippen molar-refractivity contribution in [2.75, 3.05) is 16.8 Å². The van der Waals surface area contributed by atoms with Crippen molar-refractivity contribution in [2.24, 2.45) is 0 Å². The van der Waals surface area contributed by atoms with Gasteiger partial charge in [-0.2, -0.15) is 0 Å². The molecule has 0 radical (unpaired) electrons. The van der Waals surface area contributed by atoms with Gasteiger partial charge in [0.1, 0.15) is 11.5 Å². The van der Waals surface area contributed by atoms with Gasteiger partial charge in [-0.15, -0.1) is 0 Å². The Hall–Kier alpha value is -3.28. The van der Waals surface area contributed by atoms with Gasteiger partial charge in [0.15, 0.2) is 0 Å². The van der Waals surface area contributed by atoms with Crippen LogP contribution in [0.15, 0.2) is 60.7 Å². The third-order valence-electron chi connectivity index (χ3n) is 3.78. The molecule has 1 heterocycles. The average Bonchev–Trinajstić information content (AvgIpc) is 2.62. The van der Waals surface area contributed by atoms with Gasteiger partial charge in [0, 0.05) is 23.6 Å². The summed E-state index contributed by atoms with van der Waals surface area (Å²) >= 11 is 0. The lowest BCUT2D eigenvalue weighted by Gasteiger charge is -2.21. The van der Waals surface area contributed by atoms with Crippen molar-refractivity contribution in [3.05, 3.63) is 77.9 Å². The van der Waals surface area contributed by atoms with Crippen LogP contribution in [-0.2, 0) is 0 Å². The fourth-order valence-electron chi connectivity index (χ4n) is 2.62. The summed E-state index contributed by atoms with van der Waals surface area (Å²) in [4.78, 5) is 23.2. The zero-order valence-corrected chi connectivity index (χ0v) is 14.6. The van der Waals surface area contributed by atoms with Crippen molar-refractivity contribution in [3.63, 3.8) is 0 Å². The second-order valence-corrected chi connectivity index (χ2v) is 5.74. The topological polar surface area (TPSA) is 58.1 Å².